The first-order valence-corrected chi connectivity index (χ1v) is 5.41. The molecule has 0 bridgehead atoms. The van der Waals surface area contributed by atoms with Crippen LogP contribution in [0.3, 0.4) is 0 Å². The number of aromatic carboxylic acids is 1. The maximum absolute atomic E-state index is 11.5. The van der Waals surface area contributed by atoms with Gasteiger partial charge in [0.05, 0.1) is 36.0 Å². The highest BCUT2D eigenvalue weighted by atomic mass is 16.4. The van der Waals surface area contributed by atoms with E-state index in [9.17, 15) is 9.59 Å². The van der Waals surface area contributed by atoms with E-state index in [0.29, 0.717) is 17.9 Å². The molecule has 6 heteroatoms. The average molecular weight is 245 g/mol. The molecule has 0 atom stereocenters. The first-order chi connectivity index (χ1) is 8.61. The molecule has 92 valence electrons. The summed E-state index contributed by atoms with van der Waals surface area (Å²) >= 11 is 0. The van der Waals surface area contributed by atoms with Crippen molar-refractivity contribution in [3.8, 4) is 6.07 Å². The summed E-state index contributed by atoms with van der Waals surface area (Å²) in [6.45, 7) is 0.539. The fourth-order valence-corrected chi connectivity index (χ4v) is 1.86. The van der Waals surface area contributed by atoms with Crippen molar-refractivity contribution in [2.24, 2.45) is 0 Å². The molecule has 1 aromatic rings. The van der Waals surface area contributed by atoms with Crippen molar-refractivity contribution in [3.05, 3.63) is 23.8 Å². The summed E-state index contributed by atoms with van der Waals surface area (Å²) in [6, 6.07) is 6.52. The van der Waals surface area contributed by atoms with Crippen LogP contribution in [0, 0.1) is 11.3 Å². The van der Waals surface area contributed by atoms with E-state index in [2.05, 4.69) is 5.32 Å². The zero-order valence-electron chi connectivity index (χ0n) is 9.51. The summed E-state index contributed by atoms with van der Waals surface area (Å²) in [5.41, 5.74) is 1.38. The molecule has 1 aliphatic rings. The van der Waals surface area contributed by atoms with Crippen LogP contribution in [-0.2, 0) is 4.79 Å². The molecule has 0 fully saturated rings. The Morgan fingerprint density at radius 1 is 1.56 bits per heavy atom. The second kappa shape index (κ2) is 4.75. The smallest absolute Gasteiger partial charge is 0.335 e. The molecule has 1 heterocycles. The first kappa shape index (κ1) is 11.9. The van der Waals surface area contributed by atoms with Crippen molar-refractivity contribution < 1.29 is 14.7 Å². The molecule has 18 heavy (non-hydrogen) atoms. The highest BCUT2D eigenvalue weighted by Crippen LogP contribution is 2.30. The molecule has 6 nitrogen and oxygen atoms in total. The van der Waals surface area contributed by atoms with Gasteiger partial charge in [0, 0.05) is 6.54 Å². The third-order valence-electron chi connectivity index (χ3n) is 2.69. The van der Waals surface area contributed by atoms with E-state index >= 15 is 0 Å². The topological polar surface area (TPSA) is 93.4 Å². The quantitative estimate of drug-likeness (QED) is 0.830. The maximum Gasteiger partial charge on any atom is 0.335 e. The standard InChI is InChI=1S/C12H11N3O3/c13-4-1-5-15-7-11(16)14-9-3-2-8(12(17)18)6-10(9)15/h2-3,6H,1,5,7H2,(H,14,16)(H,17,18). The number of rotatable bonds is 3. The number of amides is 1. The molecule has 0 saturated carbocycles. The van der Waals surface area contributed by atoms with Crippen LogP contribution in [-0.4, -0.2) is 30.1 Å². The minimum atomic E-state index is -1.02. The number of carbonyl (C=O) groups excluding carboxylic acids is 1. The van der Waals surface area contributed by atoms with E-state index in [1.165, 1.54) is 12.1 Å². The van der Waals surface area contributed by atoms with Gasteiger partial charge in [-0.15, -0.1) is 0 Å². The zero-order chi connectivity index (χ0) is 13.1. The summed E-state index contributed by atoms with van der Waals surface area (Å²) < 4.78 is 0. The predicted molar refractivity (Wildman–Crippen MR) is 64.5 cm³/mol. The number of benzene rings is 1. The monoisotopic (exact) mass is 245 g/mol. The Bertz CT molecular complexity index is 548. The lowest BCUT2D eigenvalue weighted by Gasteiger charge is -2.30. The fraction of sp³-hybridized carbons (Fsp3) is 0.250. The van der Waals surface area contributed by atoms with E-state index in [1.54, 1.807) is 11.0 Å². The van der Waals surface area contributed by atoms with Gasteiger partial charge in [-0.25, -0.2) is 4.79 Å². The Labute approximate surface area is 103 Å². The van der Waals surface area contributed by atoms with Crippen LogP contribution in [0.4, 0.5) is 11.4 Å². The van der Waals surface area contributed by atoms with Crippen molar-refractivity contribution in [1.82, 2.24) is 0 Å². The SMILES string of the molecule is N#CCCN1CC(=O)Nc2ccc(C(=O)O)cc21. The van der Waals surface area contributed by atoms with Crippen molar-refractivity contribution in [3.63, 3.8) is 0 Å². The van der Waals surface area contributed by atoms with Crippen LogP contribution in [0.25, 0.3) is 0 Å². The van der Waals surface area contributed by atoms with Crippen LogP contribution in [0.5, 0.6) is 0 Å². The van der Waals surface area contributed by atoms with Crippen LogP contribution in [0.1, 0.15) is 16.8 Å². The summed E-state index contributed by atoms with van der Waals surface area (Å²) in [4.78, 5) is 24.1. The summed E-state index contributed by atoms with van der Waals surface area (Å²) in [7, 11) is 0. The minimum Gasteiger partial charge on any atom is -0.478 e. The van der Waals surface area contributed by atoms with Crippen molar-refractivity contribution >= 4 is 23.3 Å². The number of carbonyl (C=O) groups is 2. The molecule has 0 aliphatic carbocycles. The van der Waals surface area contributed by atoms with Gasteiger partial charge in [0.25, 0.3) is 0 Å². The highest BCUT2D eigenvalue weighted by molar-refractivity contribution is 6.02. The number of nitrogens with zero attached hydrogens (tertiary/aromatic N) is 2. The molecule has 1 aliphatic heterocycles. The van der Waals surface area contributed by atoms with Gasteiger partial charge in [-0.1, -0.05) is 0 Å². The molecule has 0 saturated heterocycles. The molecule has 0 spiro atoms. The van der Waals surface area contributed by atoms with Gasteiger partial charge < -0.3 is 15.3 Å². The van der Waals surface area contributed by atoms with E-state index in [1.807, 2.05) is 6.07 Å². The third kappa shape index (κ3) is 2.25. The summed E-state index contributed by atoms with van der Waals surface area (Å²) in [6.07, 6.45) is 0.282. The lowest BCUT2D eigenvalue weighted by molar-refractivity contribution is -0.115. The number of fused-ring (bicyclic) bond motifs is 1. The van der Waals surface area contributed by atoms with Crippen LogP contribution >= 0.6 is 0 Å². The third-order valence-corrected chi connectivity index (χ3v) is 2.69. The fourth-order valence-electron chi connectivity index (χ4n) is 1.86. The Morgan fingerprint density at radius 2 is 2.33 bits per heavy atom. The Balaban J connectivity index is 2.37. The number of nitriles is 1. The zero-order valence-corrected chi connectivity index (χ0v) is 9.51. The van der Waals surface area contributed by atoms with Crippen LogP contribution in [0.2, 0.25) is 0 Å². The number of hydrogen-bond donors (Lipinski definition) is 2. The van der Waals surface area contributed by atoms with Gasteiger partial charge in [0.2, 0.25) is 5.91 Å². The number of carboxylic acid groups (broad SMARTS) is 1. The molecule has 0 unspecified atom stereocenters. The van der Waals surface area contributed by atoms with E-state index in [-0.39, 0.29) is 24.4 Å². The second-order valence-electron chi connectivity index (χ2n) is 3.91. The van der Waals surface area contributed by atoms with Gasteiger partial charge in [-0.3, -0.25) is 4.79 Å². The molecule has 1 aromatic carbocycles. The predicted octanol–water partition coefficient (Wildman–Crippen LogP) is 1.06. The molecule has 2 N–H and O–H groups in total. The maximum atomic E-state index is 11.5. The van der Waals surface area contributed by atoms with Crippen molar-refractivity contribution in [1.29, 1.82) is 5.26 Å². The lowest BCUT2D eigenvalue weighted by Crippen LogP contribution is -2.38. The highest BCUT2D eigenvalue weighted by Gasteiger charge is 2.22. The van der Waals surface area contributed by atoms with Gasteiger partial charge in [-0.2, -0.15) is 5.26 Å². The van der Waals surface area contributed by atoms with Crippen LogP contribution in [0.15, 0.2) is 18.2 Å². The molecule has 0 aromatic heterocycles. The average Bonchev–Trinajstić information content (AvgIpc) is 2.35. The van der Waals surface area contributed by atoms with Gasteiger partial charge in [0.15, 0.2) is 0 Å². The molecule has 1 amide bonds. The summed E-state index contributed by atoms with van der Waals surface area (Å²) in [5.74, 6) is -1.18. The number of anilines is 2. The van der Waals surface area contributed by atoms with Crippen LogP contribution < -0.4 is 10.2 Å². The first-order valence-electron chi connectivity index (χ1n) is 5.41. The van der Waals surface area contributed by atoms with Crippen molar-refractivity contribution in [2.45, 2.75) is 6.42 Å². The van der Waals surface area contributed by atoms with Gasteiger partial charge in [0.1, 0.15) is 0 Å². The Morgan fingerprint density at radius 3 is 3.00 bits per heavy atom. The van der Waals surface area contributed by atoms with E-state index < -0.39 is 5.97 Å². The van der Waals surface area contributed by atoms with E-state index in [4.69, 9.17) is 10.4 Å². The number of nitrogens with one attached hydrogen (secondary N) is 1. The number of hydrogen-bond acceptors (Lipinski definition) is 4. The van der Waals surface area contributed by atoms with Gasteiger partial charge >= 0.3 is 5.97 Å². The van der Waals surface area contributed by atoms with Gasteiger partial charge in [-0.05, 0) is 18.2 Å². The summed E-state index contributed by atoms with van der Waals surface area (Å²) in [5, 5.41) is 20.2. The second-order valence-corrected chi connectivity index (χ2v) is 3.91. The van der Waals surface area contributed by atoms with Crippen molar-refractivity contribution in [2.75, 3.05) is 23.3 Å². The van der Waals surface area contributed by atoms with E-state index in [0.717, 1.165) is 0 Å². The largest absolute Gasteiger partial charge is 0.478 e. The molecular weight excluding hydrogens is 234 g/mol. The molecule has 2 rings (SSSR count). The Hall–Kier alpha value is -2.55. The normalized spacial score (nSPS) is 13.5. The lowest BCUT2D eigenvalue weighted by atomic mass is 10.1. The molecular formula is C12H11N3O3. The Kier molecular flexibility index (Phi) is 3.15. The molecule has 0 radical (unpaired) electrons. The minimum absolute atomic E-state index is 0.137. The number of carboxylic acids is 1.